The van der Waals surface area contributed by atoms with E-state index in [0.717, 1.165) is 21.7 Å². The zero-order chi connectivity index (χ0) is 15.2. The van der Waals surface area contributed by atoms with Gasteiger partial charge in [0.15, 0.2) is 0 Å². The number of hydrogen-bond donors (Lipinski definition) is 2. The number of nitrogens with zero attached hydrogens (tertiary/aromatic N) is 1. The smallest absolute Gasteiger partial charge is 0.256 e. The lowest BCUT2D eigenvalue weighted by Crippen LogP contribution is -2.26. The molecule has 0 atom stereocenters. The SMILES string of the molecule is CCN(CCO)c1ccc(NC(=O)c2csc(Br)c2)cc1. The molecule has 0 aliphatic carbocycles. The molecule has 1 aromatic heterocycles. The third kappa shape index (κ3) is 4.30. The second-order valence-electron chi connectivity index (χ2n) is 4.44. The zero-order valence-electron chi connectivity index (χ0n) is 11.7. The van der Waals surface area contributed by atoms with Crippen LogP contribution in [0.2, 0.25) is 0 Å². The maximum absolute atomic E-state index is 12.0. The third-order valence-electron chi connectivity index (χ3n) is 3.07. The van der Waals surface area contributed by atoms with Crippen molar-refractivity contribution in [3.8, 4) is 0 Å². The number of halogens is 1. The Balaban J connectivity index is 2.03. The number of aliphatic hydroxyl groups excluding tert-OH is 1. The Bertz CT molecular complexity index is 598. The van der Waals surface area contributed by atoms with E-state index in [9.17, 15) is 4.79 Å². The van der Waals surface area contributed by atoms with Gasteiger partial charge < -0.3 is 15.3 Å². The lowest BCUT2D eigenvalue weighted by atomic mass is 10.2. The number of aliphatic hydroxyl groups is 1. The highest BCUT2D eigenvalue weighted by Crippen LogP contribution is 2.22. The fraction of sp³-hybridized carbons (Fsp3) is 0.267. The van der Waals surface area contributed by atoms with E-state index >= 15 is 0 Å². The number of nitrogens with one attached hydrogen (secondary N) is 1. The molecule has 1 heterocycles. The first-order chi connectivity index (χ1) is 10.1. The molecule has 2 N–H and O–H groups in total. The van der Waals surface area contributed by atoms with Crippen LogP contribution in [0.1, 0.15) is 17.3 Å². The van der Waals surface area contributed by atoms with Crippen molar-refractivity contribution in [3.05, 3.63) is 45.1 Å². The Morgan fingerprint density at radius 1 is 1.38 bits per heavy atom. The first kappa shape index (κ1) is 16.0. The molecule has 6 heteroatoms. The van der Waals surface area contributed by atoms with Gasteiger partial charge in [0.25, 0.3) is 5.91 Å². The van der Waals surface area contributed by atoms with Crippen LogP contribution in [0, 0.1) is 0 Å². The van der Waals surface area contributed by atoms with Crippen molar-refractivity contribution in [2.24, 2.45) is 0 Å². The quantitative estimate of drug-likeness (QED) is 0.819. The monoisotopic (exact) mass is 368 g/mol. The first-order valence-electron chi connectivity index (χ1n) is 6.65. The first-order valence-corrected chi connectivity index (χ1v) is 8.32. The molecule has 21 heavy (non-hydrogen) atoms. The van der Waals surface area contributed by atoms with E-state index in [1.54, 1.807) is 6.07 Å². The van der Waals surface area contributed by atoms with Gasteiger partial charge in [-0.25, -0.2) is 0 Å². The molecule has 4 nitrogen and oxygen atoms in total. The minimum absolute atomic E-state index is 0.118. The number of benzene rings is 1. The van der Waals surface area contributed by atoms with Crippen LogP contribution in [0.5, 0.6) is 0 Å². The zero-order valence-corrected chi connectivity index (χ0v) is 14.1. The Labute approximate surface area is 136 Å². The van der Waals surface area contributed by atoms with Crippen LogP contribution < -0.4 is 10.2 Å². The molecule has 1 amide bonds. The number of amides is 1. The average molecular weight is 369 g/mol. The molecule has 0 unspecified atom stereocenters. The molecule has 0 aliphatic heterocycles. The number of thiophene rings is 1. The van der Waals surface area contributed by atoms with Crippen molar-refractivity contribution in [1.29, 1.82) is 0 Å². The molecule has 0 radical (unpaired) electrons. The summed E-state index contributed by atoms with van der Waals surface area (Å²) in [6.07, 6.45) is 0. The van der Waals surface area contributed by atoms with Gasteiger partial charge in [0.05, 0.1) is 16.0 Å². The van der Waals surface area contributed by atoms with Crippen LogP contribution in [-0.4, -0.2) is 30.7 Å². The Hall–Kier alpha value is -1.37. The number of carbonyl (C=O) groups is 1. The summed E-state index contributed by atoms with van der Waals surface area (Å²) in [5, 5.41) is 13.7. The minimum atomic E-state index is -0.118. The van der Waals surface area contributed by atoms with Crippen molar-refractivity contribution >= 4 is 44.5 Å². The van der Waals surface area contributed by atoms with Crippen molar-refractivity contribution in [2.75, 3.05) is 29.9 Å². The summed E-state index contributed by atoms with van der Waals surface area (Å²) in [4.78, 5) is 14.1. The molecule has 0 aliphatic rings. The molecule has 0 saturated carbocycles. The maximum Gasteiger partial charge on any atom is 0.256 e. The van der Waals surface area contributed by atoms with E-state index in [2.05, 4.69) is 26.1 Å². The van der Waals surface area contributed by atoms with E-state index in [4.69, 9.17) is 5.11 Å². The second kappa shape index (κ2) is 7.59. The largest absolute Gasteiger partial charge is 0.395 e. The molecule has 0 bridgehead atoms. The summed E-state index contributed by atoms with van der Waals surface area (Å²) in [6.45, 7) is 3.60. The van der Waals surface area contributed by atoms with E-state index in [-0.39, 0.29) is 12.5 Å². The predicted octanol–water partition coefficient (Wildman–Crippen LogP) is 3.58. The van der Waals surface area contributed by atoms with E-state index in [1.165, 1.54) is 11.3 Å². The van der Waals surface area contributed by atoms with Crippen LogP contribution in [0.25, 0.3) is 0 Å². The van der Waals surface area contributed by atoms with Gasteiger partial charge in [-0.1, -0.05) is 0 Å². The molecule has 2 rings (SSSR count). The molecular weight excluding hydrogens is 352 g/mol. The standard InChI is InChI=1S/C15H17BrN2O2S/c1-2-18(7-8-19)13-5-3-12(4-6-13)17-15(20)11-9-14(16)21-10-11/h3-6,9-10,19H,2,7-8H2,1H3,(H,17,20). The number of hydrogen-bond acceptors (Lipinski definition) is 4. The van der Waals surface area contributed by atoms with Crippen LogP contribution in [0.4, 0.5) is 11.4 Å². The van der Waals surface area contributed by atoms with Crippen molar-refractivity contribution in [1.82, 2.24) is 0 Å². The van der Waals surface area contributed by atoms with Gasteiger partial charge in [0.2, 0.25) is 0 Å². The second-order valence-corrected chi connectivity index (χ2v) is 6.73. The van der Waals surface area contributed by atoms with Crippen LogP contribution in [-0.2, 0) is 0 Å². The fourth-order valence-electron chi connectivity index (χ4n) is 1.98. The lowest BCUT2D eigenvalue weighted by Gasteiger charge is -2.22. The van der Waals surface area contributed by atoms with Crippen LogP contribution in [0.3, 0.4) is 0 Å². The normalized spacial score (nSPS) is 10.4. The number of rotatable bonds is 6. The van der Waals surface area contributed by atoms with E-state index < -0.39 is 0 Å². The molecule has 0 fully saturated rings. The number of likely N-dealkylation sites (N-methyl/N-ethyl adjacent to an activating group) is 1. The summed E-state index contributed by atoms with van der Waals surface area (Å²) in [5.41, 5.74) is 2.43. The Morgan fingerprint density at radius 3 is 2.62 bits per heavy atom. The fourth-order valence-corrected chi connectivity index (χ4v) is 3.12. The highest BCUT2D eigenvalue weighted by atomic mass is 79.9. The van der Waals surface area contributed by atoms with Crippen LogP contribution >= 0.6 is 27.3 Å². The Kier molecular flexibility index (Phi) is 5.78. The maximum atomic E-state index is 12.0. The molecule has 1 aromatic carbocycles. The predicted molar refractivity (Wildman–Crippen MR) is 91.4 cm³/mol. The van der Waals surface area contributed by atoms with Gasteiger partial charge >= 0.3 is 0 Å². The van der Waals surface area contributed by atoms with Crippen molar-refractivity contribution in [2.45, 2.75) is 6.92 Å². The van der Waals surface area contributed by atoms with Gasteiger partial charge in [0, 0.05) is 29.8 Å². The van der Waals surface area contributed by atoms with Crippen molar-refractivity contribution in [3.63, 3.8) is 0 Å². The van der Waals surface area contributed by atoms with Crippen molar-refractivity contribution < 1.29 is 9.90 Å². The van der Waals surface area contributed by atoms with Crippen LogP contribution in [0.15, 0.2) is 39.5 Å². The van der Waals surface area contributed by atoms with Gasteiger partial charge in [-0.2, -0.15) is 0 Å². The summed E-state index contributed by atoms with van der Waals surface area (Å²) >= 11 is 4.83. The van der Waals surface area contributed by atoms with Gasteiger partial charge in [-0.05, 0) is 53.2 Å². The number of carbonyl (C=O) groups excluding carboxylic acids is 1. The van der Waals surface area contributed by atoms with Gasteiger partial charge in [-0.3, -0.25) is 4.79 Å². The summed E-state index contributed by atoms with van der Waals surface area (Å²) in [6, 6.07) is 9.43. The number of anilines is 2. The van der Waals surface area contributed by atoms with E-state index in [0.29, 0.717) is 12.1 Å². The van der Waals surface area contributed by atoms with E-state index in [1.807, 2.05) is 36.6 Å². The Morgan fingerprint density at radius 2 is 2.10 bits per heavy atom. The summed E-state index contributed by atoms with van der Waals surface area (Å²) in [5.74, 6) is -0.118. The average Bonchev–Trinajstić information content (AvgIpc) is 2.92. The topological polar surface area (TPSA) is 52.6 Å². The minimum Gasteiger partial charge on any atom is -0.395 e. The highest BCUT2D eigenvalue weighted by Gasteiger charge is 2.09. The molecule has 2 aromatic rings. The summed E-state index contributed by atoms with van der Waals surface area (Å²) < 4.78 is 0.936. The third-order valence-corrected chi connectivity index (χ3v) is 4.58. The molecule has 0 saturated heterocycles. The summed E-state index contributed by atoms with van der Waals surface area (Å²) in [7, 11) is 0. The molecule has 112 valence electrons. The van der Waals surface area contributed by atoms with Gasteiger partial charge in [0.1, 0.15) is 0 Å². The lowest BCUT2D eigenvalue weighted by molar-refractivity contribution is 0.102. The molecular formula is C15H17BrN2O2S. The van der Waals surface area contributed by atoms with Gasteiger partial charge in [-0.15, -0.1) is 11.3 Å². The molecule has 0 spiro atoms. The highest BCUT2D eigenvalue weighted by molar-refractivity contribution is 9.11.